The first-order valence-electron chi connectivity index (χ1n) is 27.0. The molecule has 388 valence electrons. The van der Waals surface area contributed by atoms with Crippen molar-refractivity contribution in [2.45, 2.75) is 127 Å². The zero-order valence-electron chi connectivity index (χ0n) is 43.1. The number of hydrogen-bond acceptors (Lipinski definition) is 11. The molecule has 1 heterocycles. The molecule has 0 saturated heterocycles. The van der Waals surface area contributed by atoms with Crippen LogP contribution in [0.5, 0.6) is 0 Å². The molecule has 8 N–H and O–H groups in total. The second kappa shape index (κ2) is 25.2. The molecule has 0 amide bonds. The lowest BCUT2D eigenvalue weighted by atomic mass is 9.45. The predicted molar refractivity (Wildman–Crippen MR) is 279 cm³/mol. The number of carbonyl (C=O) groups excluding carboxylic acids is 1. The summed E-state index contributed by atoms with van der Waals surface area (Å²) in [5.74, 6) is 0.560. The molecule has 13 atom stereocenters. The minimum absolute atomic E-state index is 0.0517. The highest BCUT2D eigenvalue weighted by Crippen LogP contribution is 2.67. The summed E-state index contributed by atoms with van der Waals surface area (Å²) < 4.78 is 11.9. The average molecular weight is 968 g/mol. The molecule has 1 aromatic carbocycles. The Balaban J connectivity index is 1.22. The normalized spacial score (nSPS) is 35.8. The third-order valence-electron chi connectivity index (χ3n) is 18.2. The van der Waals surface area contributed by atoms with E-state index in [1.165, 1.54) is 42.4 Å². The van der Waals surface area contributed by atoms with Gasteiger partial charge < -0.3 is 51.0 Å². The number of aliphatic hydroxyl groups is 5. The average Bonchev–Trinajstić information content (AvgIpc) is 3.72. The summed E-state index contributed by atoms with van der Waals surface area (Å²) in [6.07, 6.45) is 25.4. The van der Waals surface area contributed by atoms with Crippen molar-refractivity contribution in [2.24, 2.45) is 52.8 Å². The number of benzene rings is 1. The maximum Gasteiger partial charge on any atom is 0.145 e. The number of aliphatic hydroxyl groups excluding tert-OH is 4. The maximum absolute atomic E-state index is 13.1. The van der Waals surface area contributed by atoms with Crippen LogP contribution < -0.4 is 16.0 Å². The van der Waals surface area contributed by atoms with Crippen LogP contribution in [0.15, 0.2) is 95.2 Å². The van der Waals surface area contributed by atoms with Crippen molar-refractivity contribution in [1.82, 2.24) is 16.0 Å². The fourth-order valence-corrected chi connectivity index (χ4v) is 14.9. The van der Waals surface area contributed by atoms with Gasteiger partial charge in [-0.3, -0.25) is 4.79 Å². The van der Waals surface area contributed by atoms with Gasteiger partial charge in [-0.05, 0) is 175 Å². The van der Waals surface area contributed by atoms with Crippen LogP contribution in [-0.2, 0) is 27.1 Å². The second-order valence-electron chi connectivity index (χ2n) is 22.3. The van der Waals surface area contributed by atoms with E-state index in [1.54, 1.807) is 0 Å². The van der Waals surface area contributed by atoms with Crippen molar-refractivity contribution in [1.29, 1.82) is 0 Å². The van der Waals surface area contributed by atoms with Gasteiger partial charge in [-0.2, -0.15) is 0 Å². The lowest BCUT2D eigenvalue weighted by Gasteiger charge is -2.61. The van der Waals surface area contributed by atoms with Crippen molar-refractivity contribution in [3.63, 3.8) is 0 Å². The summed E-state index contributed by atoms with van der Waals surface area (Å²) in [6, 6.07) is 9.29. The lowest BCUT2D eigenvalue weighted by molar-refractivity contribution is -0.194. The number of allylic oxidation sites excluding steroid dienone is 9. The smallest absolute Gasteiger partial charge is 0.145 e. The number of nitrogens with one attached hydrogen (secondary N) is 3. The van der Waals surface area contributed by atoms with E-state index in [4.69, 9.17) is 16.1 Å². The summed E-state index contributed by atoms with van der Waals surface area (Å²) in [5.41, 5.74) is 5.29. The van der Waals surface area contributed by atoms with Crippen LogP contribution in [0.1, 0.15) is 102 Å². The second-order valence-corrected chi connectivity index (χ2v) is 22.3. The fraction of sp³-hybridized carbons (Fsp3) is 0.678. The van der Waals surface area contributed by atoms with Crippen LogP contribution in [0.3, 0.4) is 0 Å². The highest BCUT2D eigenvalue weighted by Gasteiger charge is 2.68. The van der Waals surface area contributed by atoms with Crippen LogP contribution >= 0.6 is 0 Å². The van der Waals surface area contributed by atoms with Gasteiger partial charge in [0.05, 0.1) is 31.5 Å². The molecular weight excluding hydrogens is 879 g/mol. The van der Waals surface area contributed by atoms with E-state index < -0.39 is 35.7 Å². The first-order valence-corrected chi connectivity index (χ1v) is 27.0. The quantitative estimate of drug-likeness (QED) is 0.0284. The minimum Gasteiger partial charge on any atom is -0.396 e. The summed E-state index contributed by atoms with van der Waals surface area (Å²) in [4.78, 5) is 12.6. The monoisotopic (exact) mass is 968 g/mol. The minimum atomic E-state index is -1.27. The molecule has 6 aliphatic rings. The van der Waals surface area contributed by atoms with Gasteiger partial charge >= 0.3 is 0 Å². The number of fused-ring (bicyclic) bond motifs is 6. The van der Waals surface area contributed by atoms with Gasteiger partial charge in [0.25, 0.3) is 0 Å². The standard InChI is InChI=1S/C59H89N3O8/c1-40(52-31-42-12-9-13-43(29-42)32-57(25-28-69-5,53-18-7-6-15-48(53)35-61-4)62-34-44-14-10-16-46(52)30-44)11-8-17-49(38-70-39-50(66)37-65)51-21-23-59(56(51)67)55-45(22-27-63)19-20-47(54(55)41(2)36-64)33-58(59,68)24-26-60-3/h8-9,11-13,17,19-20,29-30,36,45-48,50-53,55-56,60-63,65-68H,1,6-7,10,14-16,18,21-28,31-35,37-39H2,2-5H3. The van der Waals surface area contributed by atoms with E-state index >= 15 is 0 Å². The molecule has 6 bridgehead atoms. The molecule has 1 aromatic rings. The van der Waals surface area contributed by atoms with E-state index in [0.717, 1.165) is 81.2 Å². The molecular formula is C59H89N3O8. The first-order chi connectivity index (χ1) is 33.9. The van der Waals surface area contributed by atoms with Gasteiger partial charge in [-0.15, -0.1) is 0 Å². The number of carbonyl (C=O) groups is 1. The molecule has 11 heteroatoms. The molecule has 11 nitrogen and oxygen atoms in total. The van der Waals surface area contributed by atoms with E-state index in [0.29, 0.717) is 62.0 Å². The van der Waals surface area contributed by atoms with Crippen molar-refractivity contribution in [3.8, 4) is 0 Å². The number of aldehydes is 1. The molecule has 3 saturated carbocycles. The molecule has 7 rings (SSSR count). The highest BCUT2D eigenvalue weighted by molar-refractivity contribution is 5.74. The molecule has 5 aliphatic carbocycles. The SMILES string of the molecule is C=C(C=CC=C(COCC(O)CO)C1CCC2(C1O)C1C(=C(C)C=O)C(C=CC1CCO)CC2(O)CCNC)C1Cc2cccc(c2)CC(CCOC)(C2CCCCC2CNC)NCC2=CC1CCC2. The van der Waals surface area contributed by atoms with Crippen molar-refractivity contribution in [2.75, 3.05) is 73.9 Å². The van der Waals surface area contributed by atoms with Crippen LogP contribution in [0.2, 0.25) is 0 Å². The highest BCUT2D eigenvalue weighted by atomic mass is 16.5. The van der Waals surface area contributed by atoms with E-state index in [2.05, 4.69) is 71.6 Å². The third kappa shape index (κ3) is 11.8. The zero-order chi connectivity index (χ0) is 49.9. The zero-order valence-corrected chi connectivity index (χ0v) is 43.1. The summed E-state index contributed by atoms with van der Waals surface area (Å²) in [5, 5.41) is 67.5. The van der Waals surface area contributed by atoms with Gasteiger partial charge in [-0.25, -0.2) is 0 Å². The van der Waals surface area contributed by atoms with Crippen molar-refractivity contribution >= 4 is 6.29 Å². The van der Waals surface area contributed by atoms with Crippen molar-refractivity contribution < 1.29 is 39.8 Å². The molecule has 3 fully saturated rings. The molecule has 70 heavy (non-hydrogen) atoms. The summed E-state index contributed by atoms with van der Waals surface area (Å²) in [7, 11) is 5.80. The Labute approximate surface area is 420 Å². The molecule has 1 spiro atoms. The Bertz CT molecular complexity index is 2060. The van der Waals surface area contributed by atoms with Gasteiger partial charge in [0, 0.05) is 49.7 Å². The van der Waals surface area contributed by atoms with Gasteiger partial charge in [0.2, 0.25) is 0 Å². The number of ether oxygens (including phenoxy) is 2. The number of hydrogen-bond donors (Lipinski definition) is 8. The predicted octanol–water partition coefficient (Wildman–Crippen LogP) is 6.75. The lowest BCUT2D eigenvalue weighted by Crippen LogP contribution is -2.65. The molecule has 13 unspecified atom stereocenters. The fourth-order valence-electron chi connectivity index (χ4n) is 14.9. The Morgan fingerprint density at radius 3 is 2.61 bits per heavy atom. The Hall–Kier alpha value is -3.07. The first kappa shape index (κ1) is 54.7. The maximum atomic E-state index is 13.1. The molecule has 1 aliphatic heterocycles. The third-order valence-corrected chi connectivity index (χ3v) is 18.2. The van der Waals surface area contributed by atoms with Crippen LogP contribution in [-0.4, -0.2) is 129 Å². The summed E-state index contributed by atoms with van der Waals surface area (Å²) in [6.45, 7) is 9.37. The van der Waals surface area contributed by atoms with Crippen LogP contribution in [0, 0.1) is 52.8 Å². The van der Waals surface area contributed by atoms with E-state index in [1.807, 2.05) is 33.2 Å². The number of rotatable bonds is 21. The van der Waals surface area contributed by atoms with E-state index in [9.17, 15) is 30.3 Å². The largest absolute Gasteiger partial charge is 0.396 e. The summed E-state index contributed by atoms with van der Waals surface area (Å²) >= 11 is 0. The Morgan fingerprint density at radius 2 is 1.86 bits per heavy atom. The van der Waals surface area contributed by atoms with Gasteiger partial charge in [-0.1, -0.05) is 96.9 Å². The molecule has 0 aromatic heterocycles. The van der Waals surface area contributed by atoms with Gasteiger partial charge in [0.1, 0.15) is 12.4 Å². The number of methoxy groups -OCH3 is 1. The van der Waals surface area contributed by atoms with Crippen LogP contribution in [0.4, 0.5) is 0 Å². The van der Waals surface area contributed by atoms with E-state index in [-0.39, 0.29) is 49.0 Å². The van der Waals surface area contributed by atoms with Crippen LogP contribution in [0.25, 0.3) is 0 Å². The Morgan fingerprint density at radius 1 is 1.04 bits per heavy atom. The molecule has 0 radical (unpaired) electrons. The van der Waals surface area contributed by atoms with Crippen molar-refractivity contribution in [3.05, 3.63) is 106 Å². The van der Waals surface area contributed by atoms with Gasteiger partial charge in [0.15, 0.2) is 0 Å². The topological polar surface area (TPSA) is 173 Å². The Kier molecular flexibility index (Phi) is 19.7.